The molecule has 1 aromatic rings. The molecule has 0 aliphatic heterocycles. The van der Waals surface area contributed by atoms with Crippen LogP contribution in [0.3, 0.4) is 0 Å². The van der Waals surface area contributed by atoms with Crippen LogP contribution in [0.1, 0.15) is 12.0 Å². The molecule has 1 aromatic carbocycles. The minimum atomic E-state index is -0.726. The summed E-state index contributed by atoms with van der Waals surface area (Å²) in [5.41, 5.74) is 6.20. The summed E-state index contributed by atoms with van der Waals surface area (Å²) in [5, 5.41) is 2.61. The van der Waals surface area contributed by atoms with Crippen LogP contribution in [0, 0.1) is 18.2 Å². The van der Waals surface area contributed by atoms with Gasteiger partial charge in [-0.3, -0.25) is 4.79 Å². The molecular formula is C12H12ClFN2O. The molecule has 0 aliphatic rings. The lowest BCUT2D eigenvalue weighted by Crippen LogP contribution is -2.39. The molecule has 0 heterocycles. The summed E-state index contributed by atoms with van der Waals surface area (Å²) in [6, 6.07) is 3.50. The van der Waals surface area contributed by atoms with Crippen molar-refractivity contribution in [2.75, 3.05) is 0 Å². The van der Waals surface area contributed by atoms with E-state index in [4.69, 9.17) is 23.8 Å². The Morgan fingerprint density at radius 2 is 2.35 bits per heavy atom. The highest BCUT2D eigenvalue weighted by Crippen LogP contribution is 2.15. The van der Waals surface area contributed by atoms with Crippen molar-refractivity contribution in [2.45, 2.75) is 19.0 Å². The Bertz CT molecular complexity index is 456. The van der Waals surface area contributed by atoms with E-state index in [1.165, 1.54) is 18.2 Å². The third-order valence-corrected chi connectivity index (χ3v) is 2.41. The molecule has 17 heavy (non-hydrogen) atoms. The number of halogens is 2. The Morgan fingerprint density at radius 3 is 2.94 bits per heavy atom. The first-order valence-electron chi connectivity index (χ1n) is 4.95. The van der Waals surface area contributed by atoms with Crippen LogP contribution in [0.4, 0.5) is 4.39 Å². The number of hydrogen-bond acceptors (Lipinski definition) is 2. The van der Waals surface area contributed by atoms with E-state index in [9.17, 15) is 9.18 Å². The molecule has 3 nitrogen and oxygen atoms in total. The van der Waals surface area contributed by atoms with E-state index in [-0.39, 0.29) is 23.9 Å². The monoisotopic (exact) mass is 254 g/mol. The maximum atomic E-state index is 12.9. The minimum Gasteiger partial charge on any atom is -0.351 e. The van der Waals surface area contributed by atoms with E-state index >= 15 is 0 Å². The zero-order chi connectivity index (χ0) is 12.8. The number of rotatable bonds is 4. The molecule has 0 saturated heterocycles. The van der Waals surface area contributed by atoms with Gasteiger partial charge in [0.1, 0.15) is 5.82 Å². The first-order valence-corrected chi connectivity index (χ1v) is 5.33. The fourth-order valence-electron chi connectivity index (χ4n) is 1.19. The van der Waals surface area contributed by atoms with Gasteiger partial charge in [0.2, 0.25) is 5.91 Å². The molecule has 5 heteroatoms. The fraction of sp³-hybridized carbons (Fsp3) is 0.250. The van der Waals surface area contributed by atoms with Crippen molar-refractivity contribution < 1.29 is 9.18 Å². The molecule has 1 unspecified atom stereocenters. The van der Waals surface area contributed by atoms with Gasteiger partial charge in [0, 0.05) is 13.0 Å². The topological polar surface area (TPSA) is 55.1 Å². The Morgan fingerprint density at radius 1 is 1.65 bits per heavy atom. The second kappa shape index (κ2) is 6.24. The number of terminal acetylenes is 1. The van der Waals surface area contributed by atoms with Crippen molar-refractivity contribution in [3.63, 3.8) is 0 Å². The number of benzene rings is 1. The van der Waals surface area contributed by atoms with Crippen molar-refractivity contribution in [2.24, 2.45) is 5.73 Å². The summed E-state index contributed by atoms with van der Waals surface area (Å²) in [6.07, 6.45) is 5.22. The highest BCUT2D eigenvalue weighted by molar-refractivity contribution is 6.30. The molecular weight excluding hydrogens is 243 g/mol. The van der Waals surface area contributed by atoms with Crippen molar-refractivity contribution in [1.29, 1.82) is 0 Å². The predicted octanol–water partition coefficient (Wildman–Crippen LogP) is 1.45. The zero-order valence-electron chi connectivity index (χ0n) is 9.04. The maximum Gasteiger partial charge on any atom is 0.238 e. The summed E-state index contributed by atoms with van der Waals surface area (Å²) in [5.74, 6) is 1.47. The molecule has 0 radical (unpaired) electrons. The van der Waals surface area contributed by atoms with Gasteiger partial charge >= 0.3 is 0 Å². The fourth-order valence-corrected chi connectivity index (χ4v) is 1.39. The predicted molar refractivity (Wildman–Crippen MR) is 64.7 cm³/mol. The summed E-state index contributed by atoms with van der Waals surface area (Å²) in [4.78, 5) is 11.4. The van der Waals surface area contributed by atoms with Crippen LogP contribution >= 0.6 is 11.6 Å². The lowest BCUT2D eigenvalue weighted by Gasteiger charge is -2.09. The normalized spacial score (nSPS) is 11.6. The third kappa shape index (κ3) is 4.06. The molecule has 1 atom stereocenters. The molecule has 0 aliphatic carbocycles. The molecule has 0 saturated carbocycles. The van der Waals surface area contributed by atoms with Crippen molar-refractivity contribution in [3.8, 4) is 12.3 Å². The number of carbonyl (C=O) groups is 1. The summed E-state index contributed by atoms with van der Waals surface area (Å²) in [6.45, 7) is 0.233. The summed E-state index contributed by atoms with van der Waals surface area (Å²) < 4.78 is 12.9. The summed E-state index contributed by atoms with van der Waals surface area (Å²) in [7, 11) is 0. The van der Waals surface area contributed by atoms with Crippen molar-refractivity contribution in [3.05, 3.63) is 34.6 Å². The van der Waals surface area contributed by atoms with Gasteiger partial charge in [0.05, 0.1) is 11.1 Å². The Balaban J connectivity index is 2.53. The molecule has 0 fully saturated rings. The van der Waals surface area contributed by atoms with Crippen LogP contribution in [0.2, 0.25) is 5.02 Å². The molecule has 0 aromatic heterocycles. The lowest BCUT2D eigenvalue weighted by atomic mass is 10.2. The number of carbonyl (C=O) groups excluding carboxylic acids is 1. The lowest BCUT2D eigenvalue weighted by molar-refractivity contribution is -0.122. The number of amides is 1. The minimum absolute atomic E-state index is 0.0182. The first-order chi connectivity index (χ1) is 8.04. The Kier molecular flexibility index (Phi) is 4.95. The van der Waals surface area contributed by atoms with Gasteiger partial charge in [0.15, 0.2) is 0 Å². The Hall–Kier alpha value is -1.57. The van der Waals surface area contributed by atoms with Gasteiger partial charge < -0.3 is 11.1 Å². The van der Waals surface area contributed by atoms with Gasteiger partial charge in [-0.25, -0.2) is 4.39 Å². The van der Waals surface area contributed by atoms with Crippen LogP contribution in [-0.2, 0) is 11.3 Å². The van der Waals surface area contributed by atoms with Crippen LogP contribution in [0.5, 0.6) is 0 Å². The van der Waals surface area contributed by atoms with Crippen molar-refractivity contribution >= 4 is 17.5 Å². The quantitative estimate of drug-likeness (QED) is 0.799. The van der Waals surface area contributed by atoms with E-state index in [2.05, 4.69) is 11.2 Å². The van der Waals surface area contributed by atoms with Gasteiger partial charge in [-0.05, 0) is 17.7 Å². The molecule has 0 bridgehead atoms. The molecule has 3 N–H and O–H groups in total. The molecule has 90 valence electrons. The number of hydrogen-bond donors (Lipinski definition) is 2. The second-order valence-corrected chi connectivity index (χ2v) is 3.89. The van der Waals surface area contributed by atoms with Crippen molar-refractivity contribution in [1.82, 2.24) is 5.32 Å². The third-order valence-electron chi connectivity index (χ3n) is 2.13. The van der Waals surface area contributed by atoms with Crippen LogP contribution in [0.15, 0.2) is 18.2 Å². The second-order valence-electron chi connectivity index (χ2n) is 3.48. The maximum absolute atomic E-state index is 12.9. The van der Waals surface area contributed by atoms with Crippen LogP contribution in [-0.4, -0.2) is 11.9 Å². The van der Waals surface area contributed by atoms with Gasteiger partial charge in [-0.15, -0.1) is 12.3 Å². The first kappa shape index (κ1) is 13.5. The van der Waals surface area contributed by atoms with E-state index in [0.717, 1.165) is 0 Å². The largest absolute Gasteiger partial charge is 0.351 e. The molecule has 1 rings (SSSR count). The average molecular weight is 255 g/mol. The average Bonchev–Trinajstić information content (AvgIpc) is 2.30. The van der Waals surface area contributed by atoms with Crippen LogP contribution in [0.25, 0.3) is 0 Å². The van der Waals surface area contributed by atoms with Crippen LogP contribution < -0.4 is 11.1 Å². The van der Waals surface area contributed by atoms with E-state index in [1.807, 2.05) is 0 Å². The van der Waals surface area contributed by atoms with Gasteiger partial charge in [-0.2, -0.15) is 0 Å². The standard InChI is InChI=1S/C12H12ClFN2O/c1-2-3-11(15)12(17)16-7-8-4-5-10(14)9(13)6-8/h1,4-6,11H,3,7,15H2,(H,16,17). The van der Waals surface area contributed by atoms with E-state index in [1.54, 1.807) is 0 Å². The smallest absolute Gasteiger partial charge is 0.238 e. The van der Waals surface area contributed by atoms with E-state index < -0.39 is 11.9 Å². The SMILES string of the molecule is C#CCC(N)C(=O)NCc1ccc(F)c(Cl)c1. The molecule has 0 spiro atoms. The molecule has 1 amide bonds. The number of nitrogens with one attached hydrogen (secondary N) is 1. The Labute approximate surface area is 104 Å². The van der Waals surface area contributed by atoms with Gasteiger partial charge in [-0.1, -0.05) is 17.7 Å². The zero-order valence-corrected chi connectivity index (χ0v) is 9.80. The number of nitrogens with two attached hydrogens (primary N) is 1. The van der Waals surface area contributed by atoms with E-state index in [0.29, 0.717) is 5.56 Å². The van der Waals surface area contributed by atoms with Gasteiger partial charge in [0.25, 0.3) is 0 Å². The highest BCUT2D eigenvalue weighted by atomic mass is 35.5. The summed E-state index contributed by atoms with van der Waals surface area (Å²) >= 11 is 5.60. The highest BCUT2D eigenvalue weighted by Gasteiger charge is 2.11.